The topological polar surface area (TPSA) is 89.0 Å². The number of aliphatic hydroxyl groups is 1. The number of carbonyl (C=O) groups is 2. The Labute approximate surface area is 216 Å². The maximum absolute atomic E-state index is 13.8. The number of Topliss-reactive ketones (excluding diaryl/α,β-unsaturated/α-hetero) is 1. The molecule has 3 aromatic carbocycles. The van der Waals surface area contributed by atoms with Gasteiger partial charge in [-0.3, -0.25) is 14.5 Å². The number of nitrogens with zero attached hydrogens (tertiary/aromatic N) is 2. The van der Waals surface area contributed by atoms with E-state index in [0.717, 1.165) is 17.8 Å². The fraction of sp³-hybridized carbons (Fsp3) is 0.179. The maximum Gasteiger partial charge on any atom is 0.301 e. The van der Waals surface area contributed by atoms with Crippen molar-refractivity contribution in [1.29, 1.82) is 0 Å². The smallest absolute Gasteiger partial charge is 0.301 e. The average Bonchev–Trinajstić information content (AvgIpc) is 3.44. The number of amides is 1. The largest absolute Gasteiger partial charge is 0.507 e. The van der Waals surface area contributed by atoms with Crippen molar-refractivity contribution in [2.24, 2.45) is 0 Å². The molecule has 7 nitrogen and oxygen atoms in total. The minimum absolute atomic E-state index is 0.0757. The van der Waals surface area contributed by atoms with Crippen LogP contribution in [0.15, 0.2) is 72.3 Å². The van der Waals surface area contributed by atoms with E-state index in [9.17, 15) is 19.1 Å². The molecule has 1 unspecified atom stereocenters. The second-order valence-electron chi connectivity index (χ2n) is 8.43. The molecule has 0 saturated carbocycles. The first-order chi connectivity index (χ1) is 17.9. The van der Waals surface area contributed by atoms with Gasteiger partial charge in [0.05, 0.1) is 35.5 Å². The highest BCUT2D eigenvalue weighted by atomic mass is 32.1. The van der Waals surface area contributed by atoms with E-state index in [1.54, 1.807) is 48.5 Å². The number of hydrogen-bond donors (Lipinski definition) is 1. The molecule has 37 heavy (non-hydrogen) atoms. The van der Waals surface area contributed by atoms with Crippen LogP contribution in [0.5, 0.6) is 11.5 Å². The fourth-order valence-corrected chi connectivity index (χ4v) is 5.25. The summed E-state index contributed by atoms with van der Waals surface area (Å²) in [5.41, 5.74) is 1.34. The third kappa shape index (κ3) is 4.53. The van der Waals surface area contributed by atoms with Gasteiger partial charge in [0, 0.05) is 5.56 Å². The summed E-state index contributed by atoms with van der Waals surface area (Å²) in [6, 6.07) is 16.8. The molecule has 1 aliphatic heterocycles. The molecule has 0 bridgehead atoms. The number of carbonyl (C=O) groups excluding carboxylic acids is 2. The molecule has 1 saturated heterocycles. The number of methoxy groups -OCH3 is 1. The summed E-state index contributed by atoms with van der Waals surface area (Å²) in [5, 5.41) is 11.5. The van der Waals surface area contributed by atoms with E-state index in [1.807, 2.05) is 6.92 Å². The van der Waals surface area contributed by atoms with E-state index in [0.29, 0.717) is 39.4 Å². The highest BCUT2D eigenvalue weighted by Gasteiger charge is 2.48. The summed E-state index contributed by atoms with van der Waals surface area (Å²) in [6.07, 6.45) is 0.808. The number of fused-ring (bicyclic) bond motifs is 1. The number of benzene rings is 3. The zero-order valence-corrected chi connectivity index (χ0v) is 20.9. The summed E-state index contributed by atoms with van der Waals surface area (Å²) < 4.78 is 25.3. The zero-order chi connectivity index (χ0) is 26.1. The first-order valence-electron chi connectivity index (χ1n) is 11.7. The van der Waals surface area contributed by atoms with Crippen LogP contribution < -0.4 is 14.4 Å². The Balaban J connectivity index is 1.69. The predicted molar refractivity (Wildman–Crippen MR) is 140 cm³/mol. The summed E-state index contributed by atoms with van der Waals surface area (Å²) >= 11 is 1.10. The Hall–Kier alpha value is -4.24. The number of anilines is 1. The molecule has 1 fully saturated rings. The van der Waals surface area contributed by atoms with Gasteiger partial charge >= 0.3 is 5.91 Å². The molecule has 0 aliphatic carbocycles. The zero-order valence-electron chi connectivity index (χ0n) is 20.1. The van der Waals surface area contributed by atoms with Crippen molar-refractivity contribution < 1.29 is 28.6 Å². The van der Waals surface area contributed by atoms with Gasteiger partial charge in [-0.1, -0.05) is 30.4 Å². The molecule has 1 aliphatic rings. The number of aliphatic hydroxyl groups excluding tert-OH is 1. The van der Waals surface area contributed by atoms with Gasteiger partial charge in [-0.15, -0.1) is 0 Å². The van der Waals surface area contributed by atoms with E-state index in [4.69, 9.17) is 9.47 Å². The molecule has 1 amide bonds. The number of rotatable bonds is 7. The molecule has 1 aromatic heterocycles. The third-order valence-electron chi connectivity index (χ3n) is 6.00. The van der Waals surface area contributed by atoms with Crippen LogP contribution in [0.25, 0.3) is 16.0 Å². The summed E-state index contributed by atoms with van der Waals surface area (Å²) in [7, 11) is 1.53. The first kappa shape index (κ1) is 24.5. The molecular formula is C28H23FN2O5S. The van der Waals surface area contributed by atoms with Gasteiger partial charge in [0.15, 0.2) is 5.13 Å². The van der Waals surface area contributed by atoms with Crippen LogP contribution in [0.3, 0.4) is 0 Å². The van der Waals surface area contributed by atoms with E-state index in [-0.39, 0.29) is 16.5 Å². The SMILES string of the molecule is CCCOc1cccc(C2/C(=C(\O)c3ccc(OC)cc3)C(=O)C(=O)N2c2nc3ccc(F)cc3s2)c1. The standard InChI is InChI=1S/C28H23FN2O5S/c1-3-13-36-20-6-4-5-17(14-20)24-23(25(32)16-7-10-19(35-2)11-8-16)26(33)27(34)31(24)28-30-21-12-9-18(29)15-22(21)37-28/h4-12,14-15,24,32H,3,13H2,1-2H3/b25-23+. The van der Waals surface area contributed by atoms with Crippen molar-refractivity contribution in [1.82, 2.24) is 4.98 Å². The molecule has 0 spiro atoms. The molecule has 1 N–H and O–H groups in total. The predicted octanol–water partition coefficient (Wildman–Crippen LogP) is 5.86. The van der Waals surface area contributed by atoms with E-state index >= 15 is 0 Å². The lowest BCUT2D eigenvalue weighted by Crippen LogP contribution is -2.29. The Morgan fingerprint density at radius 3 is 2.59 bits per heavy atom. The minimum atomic E-state index is -0.974. The lowest BCUT2D eigenvalue weighted by atomic mass is 9.95. The number of ether oxygens (including phenoxy) is 2. The molecule has 2 heterocycles. The van der Waals surface area contributed by atoms with Gasteiger partial charge in [-0.05, 0) is 66.6 Å². The lowest BCUT2D eigenvalue weighted by Gasteiger charge is -2.23. The molecule has 1 atom stereocenters. The van der Waals surface area contributed by atoms with Crippen molar-refractivity contribution in [2.45, 2.75) is 19.4 Å². The van der Waals surface area contributed by atoms with Gasteiger partial charge in [-0.25, -0.2) is 9.37 Å². The number of halogens is 1. The van der Waals surface area contributed by atoms with Crippen molar-refractivity contribution in [3.63, 3.8) is 0 Å². The van der Waals surface area contributed by atoms with Crippen molar-refractivity contribution in [3.05, 3.63) is 89.2 Å². The number of hydrogen-bond acceptors (Lipinski definition) is 7. The monoisotopic (exact) mass is 518 g/mol. The lowest BCUT2D eigenvalue weighted by molar-refractivity contribution is -0.132. The second kappa shape index (κ2) is 10.0. The number of aromatic nitrogens is 1. The molecule has 9 heteroatoms. The van der Waals surface area contributed by atoms with Crippen LogP contribution >= 0.6 is 11.3 Å². The summed E-state index contributed by atoms with van der Waals surface area (Å²) in [5.74, 6) is -1.28. The fourth-order valence-electron chi connectivity index (χ4n) is 4.23. The first-order valence-corrected chi connectivity index (χ1v) is 12.5. The van der Waals surface area contributed by atoms with Gasteiger partial charge < -0.3 is 14.6 Å². The Kier molecular flexibility index (Phi) is 6.62. The average molecular weight is 519 g/mol. The molecule has 5 rings (SSSR count). The van der Waals surface area contributed by atoms with Crippen molar-refractivity contribution >= 4 is 44.1 Å². The molecule has 4 aromatic rings. The molecular weight excluding hydrogens is 495 g/mol. The molecule has 0 radical (unpaired) electrons. The van der Waals surface area contributed by atoms with E-state index in [2.05, 4.69) is 4.98 Å². The van der Waals surface area contributed by atoms with Crippen LogP contribution in [-0.4, -0.2) is 35.5 Å². The van der Waals surface area contributed by atoms with Gasteiger partial charge in [0.2, 0.25) is 0 Å². The summed E-state index contributed by atoms with van der Waals surface area (Å²) in [4.78, 5) is 32.6. The highest BCUT2D eigenvalue weighted by molar-refractivity contribution is 7.22. The van der Waals surface area contributed by atoms with Crippen LogP contribution in [0.1, 0.15) is 30.5 Å². The highest BCUT2D eigenvalue weighted by Crippen LogP contribution is 2.45. The number of thiazole rings is 1. The van der Waals surface area contributed by atoms with E-state index in [1.165, 1.54) is 30.2 Å². The van der Waals surface area contributed by atoms with Gasteiger partial charge in [0.1, 0.15) is 23.1 Å². The van der Waals surface area contributed by atoms with Crippen molar-refractivity contribution in [2.75, 3.05) is 18.6 Å². The van der Waals surface area contributed by atoms with E-state index < -0.39 is 23.5 Å². The van der Waals surface area contributed by atoms with Crippen LogP contribution in [-0.2, 0) is 9.59 Å². The Morgan fingerprint density at radius 1 is 1.08 bits per heavy atom. The van der Waals surface area contributed by atoms with Gasteiger partial charge in [-0.2, -0.15) is 0 Å². The van der Waals surface area contributed by atoms with Crippen molar-refractivity contribution in [3.8, 4) is 11.5 Å². The van der Waals surface area contributed by atoms with Crippen LogP contribution in [0, 0.1) is 5.82 Å². The Bertz CT molecular complexity index is 1530. The Morgan fingerprint density at radius 2 is 1.86 bits per heavy atom. The van der Waals surface area contributed by atoms with Gasteiger partial charge in [0.25, 0.3) is 5.78 Å². The summed E-state index contributed by atoms with van der Waals surface area (Å²) in [6.45, 7) is 2.49. The maximum atomic E-state index is 13.8. The quantitative estimate of drug-likeness (QED) is 0.187. The van der Waals surface area contributed by atoms with Crippen LogP contribution in [0.4, 0.5) is 9.52 Å². The van der Waals surface area contributed by atoms with Crippen LogP contribution in [0.2, 0.25) is 0 Å². The molecule has 188 valence electrons. The third-order valence-corrected chi connectivity index (χ3v) is 7.02. The second-order valence-corrected chi connectivity index (χ2v) is 9.44. The number of ketones is 1. The normalized spacial score (nSPS) is 16.9. The minimum Gasteiger partial charge on any atom is -0.507 e.